The third-order valence-electron chi connectivity index (χ3n) is 6.81. The molecule has 1 atom stereocenters. The SMILES string of the molecule is COc1ccc(CNC(=O)[C@@]2(C)Cn3cnc(C(=O)Nc4ccc(C)cc4)c3C(=O)N2C2CC2)cc1. The van der Waals surface area contributed by atoms with Crippen molar-refractivity contribution in [2.45, 2.75) is 51.4 Å². The number of carbonyl (C=O) groups is 3. The number of ether oxygens (including phenoxy) is 1. The third-order valence-corrected chi connectivity index (χ3v) is 6.81. The van der Waals surface area contributed by atoms with E-state index in [4.69, 9.17) is 4.74 Å². The zero-order valence-electron chi connectivity index (χ0n) is 20.6. The molecule has 2 aliphatic rings. The van der Waals surface area contributed by atoms with Crippen molar-refractivity contribution in [2.75, 3.05) is 12.4 Å². The standard InChI is InChI=1S/C27H29N5O4/c1-17-4-8-19(9-5-17)30-24(33)22-23-25(34)32(20-10-11-20)27(2,15-31(23)16-29-22)26(35)28-14-18-6-12-21(36-3)13-7-18/h4-9,12-13,16,20H,10-11,14-15H2,1-3H3,(H,28,35)(H,30,33)/t27-/m1/s1. The lowest BCUT2D eigenvalue weighted by Crippen LogP contribution is -2.64. The van der Waals surface area contributed by atoms with Crippen molar-refractivity contribution in [3.05, 3.63) is 77.4 Å². The molecule has 5 rings (SSSR count). The second kappa shape index (κ2) is 9.14. The first-order chi connectivity index (χ1) is 17.3. The Morgan fingerprint density at radius 3 is 2.44 bits per heavy atom. The minimum absolute atomic E-state index is 0.0362. The maximum Gasteiger partial charge on any atom is 0.276 e. The first-order valence-electron chi connectivity index (χ1n) is 12.0. The fourth-order valence-electron chi connectivity index (χ4n) is 4.66. The Bertz CT molecular complexity index is 1310. The molecule has 2 N–H and O–H groups in total. The van der Waals surface area contributed by atoms with E-state index in [1.165, 1.54) is 6.33 Å². The highest BCUT2D eigenvalue weighted by Gasteiger charge is 2.53. The second-order valence-corrected chi connectivity index (χ2v) is 9.60. The predicted octanol–water partition coefficient (Wildman–Crippen LogP) is 3.15. The number of hydrogen-bond donors (Lipinski definition) is 2. The van der Waals surface area contributed by atoms with E-state index in [1.54, 1.807) is 35.6 Å². The summed E-state index contributed by atoms with van der Waals surface area (Å²) in [4.78, 5) is 46.2. The molecule has 3 amide bonds. The van der Waals surface area contributed by atoms with Crippen LogP contribution in [0.25, 0.3) is 0 Å². The Balaban J connectivity index is 1.37. The lowest BCUT2D eigenvalue weighted by molar-refractivity contribution is -0.133. The number of aryl methyl sites for hydroxylation is 1. The minimum atomic E-state index is -1.11. The Morgan fingerprint density at radius 1 is 1.11 bits per heavy atom. The number of nitrogens with zero attached hydrogens (tertiary/aromatic N) is 3. The lowest BCUT2D eigenvalue weighted by Gasteiger charge is -2.44. The summed E-state index contributed by atoms with van der Waals surface area (Å²) in [6.45, 7) is 4.28. The predicted molar refractivity (Wildman–Crippen MR) is 134 cm³/mol. The number of nitrogens with one attached hydrogen (secondary N) is 2. The van der Waals surface area contributed by atoms with Crippen LogP contribution in [0.4, 0.5) is 5.69 Å². The van der Waals surface area contributed by atoms with Crippen molar-refractivity contribution >= 4 is 23.4 Å². The Kier molecular flexibility index (Phi) is 5.99. The molecule has 0 saturated heterocycles. The van der Waals surface area contributed by atoms with Crippen LogP contribution in [0.5, 0.6) is 5.75 Å². The lowest BCUT2D eigenvalue weighted by atomic mass is 9.93. The molecule has 0 unspecified atom stereocenters. The summed E-state index contributed by atoms with van der Waals surface area (Å²) < 4.78 is 6.81. The number of aromatic nitrogens is 2. The summed E-state index contributed by atoms with van der Waals surface area (Å²) in [7, 11) is 1.60. The molecule has 186 valence electrons. The molecule has 1 aliphatic carbocycles. The van der Waals surface area contributed by atoms with Gasteiger partial charge >= 0.3 is 0 Å². The van der Waals surface area contributed by atoms with Gasteiger partial charge < -0.3 is 24.8 Å². The van der Waals surface area contributed by atoms with Gasteiger partial charge in [0.25, 0.3) is 11.8 Å². The topological polar surface area (TPSA) is 106 Å². The minimum Gasteiger partial charge on any atom is -0.497 e. The van der Waals surface area contributed by atoms with Gasteiger partial charge in [-0.2, -0.15) is 0 Å². The van der Waals surface area contributed by atoms with Gasteiger partial charge in [-0.1, -0.05) is 29.8 Å². The number of benzene rings is 2. The van der Waals surface area contributed by atoms with Gasteiger partial charge in [-0.15, -0.1) is 0 Å². The molecule has 2 aromatic carbocycles. The maximum atomic E-state index is 13.7. The quantitative estimate of drug-likeness (QED) is 0.533. The number of carbonyl (C=O) groups excluding carboxylic acids is 3. The zero-order chi connectivity index (χ0) is 25.4. The molecule has 9 heteroatoms. The van der Waals surface area contributed by atoms with E-state index in [0.29, 0.717) is 12.2 Å². The number of rotatable bonds is 7. The smallest absolute Gasteiger partial charge is 0.276 e. The number of imidazole rings is 1. The van der Waals surface area contributed by atoms with Crippen molar-refractivity contribution < 1.29 is 19.1 Å². The Hall–Kier alpha value is -4.14. The molecule has 1 aliphatic heterocycles. The molecule has 0 radical (unpaired) electrons. The second-order valence-electron chi connectivity index (χ2n) is 9.60. The van der Waals surface area contributed by atoms with E-state index in [2.05, 4.69) is 15.6 Å². The van der Waals surface area contributed by atoms with Crippen LogP contribution in [0, 0.1) is 6.92 Å². The van der Waals surface area contributed by atoms with E-state index < -0.39 is 11.4 Å². The van der Waals surface area contributed by atoms with Gasteiger partial charge in [0.2, 0.25) is 5.91 Å². The summed E-state index contributed by atoms with van der Waals surface area (Å²) in [6, 6.07) is 14.8. The molecule has 9 nitrogen and oxygen atoms in total. The number of anilines is 1. The normalized spacial score (nSPS) is 19.0. The van der Waals surface area contributed by atoms with Crippen LogP contribution in [0.15, 0.2) is 54.9 Å². The molecule has 0 bridgehead atoms. The van der Waals surface area contributed by atoms with Crippen molar-refractivity contribution in [1.82, 2.24) is 19.8 Å². The van der Waals surface area contributed by atoms with Crippen molar-refractivity contribution in [3.8, 4) is 5.75 Å². The van der Waals surface area contributed by atoms with Crippen LogP contribution < -0.4 is 15.4 Å². The molecule has 0 spiro atoms. The van der Waals surface area contributed by atoms with Gasteiger partial charge in [0, 0.05) is 18.3 Å². The van der Waals surface area contributed by atoms with E-state index in [9.17, 15) is 14.4 Å². The highest BCUT2D eigenvalue weighted by Crippen LogP contribution is 2.39. The molecule has 1 aromatic heterocycles. The fraction of sp³-hybridized carbons (Fsp3) is 0.333. The van der Waals surface area contributed by atoms with Crippen molar-refractivity contribution in [2.24, 2.45) is 0 Å². The summed E-state index contributed by atoms with van der Waals surface area (Å²) in [6.07, 6.45) is 3.12. The molecular formula is C27H29N5O4. The monoisotopic (exact) mass is 487 g/mol. The van der Waals surface area contributed by atoms with Crippen molar-refractivity contribution in [3.63, 3.8) is 0 Å². The Morgan fingerprint density at radius 2 is 1.81 bits per heavy atom. The molecule has 1 saturated carbocycles. The van der Waals surface area contributed by atoms with Gasteiger partial charge in [0.05, 0.1) is 20.0 Å². The summed E-state index contributed by atoms with van der Waals surface area (Å²) in [5, 5.41) is 5.81. The zero-order valence-corrected chi connectivity index (χ0v) is 20.6. The van der Waals surface area contributed by atoms with E-state index in [1.807, 2.05) is 43.3 Å². The van der Waals surface area contributed by atoms with E-state index >= 15 is 0 Å². The number of methoxy groups -OCH3 is 1. The van der Waals surface area contributed by atoms with Crippen LogP contribution in [0.3, 0.4) is 0 Å². The van der Waals surface area contributed by atoms with Crippen LogP contribution in [0.1, 0.15) is 51.9 Å². The van der Waals surface area contributed by atoms with Gasteiger partial charge in [-0.05, 0) is 56.5 Å². The molecule has 36 heavy (non-hydrogen) atoms. The van der Waals surface area contributed by atoms with Crippen LogP contribution in [0.2, 0.25) is 0 Å². The molecule has 1 fully saturated rings. The van der Waals surface area contributed by atoms with Crippen LogP contribution in [-0.2, 0) is 17.9 Å². The first-order valence-corrected chi connectivity index (χ1v) is 12.0. The van der Waals surface area contributed by atoms with Crippen LogP contribution >= 0.6 is 0 Å². The summed E-state index contributed by atoms with van der Waals surface area (Å²) in [5.74, 6) is -0.310. The molecule has 3 aromatic rings. The highest BCUT2D eigenvalue weighted by atomic mass is 16.5. The number of amides is 3. The largest absolute Gasteiger partial charge is 0.497 e. The summed E-state index contributed by atoms with van der Waals surface area (Å²) in [5.41, 5.74) is 1.79. The van der Waals surface area contributed by atoms with Gasteiger partial charge in [-0.3, -0.25) is 14.4 Å². The van der Waals surface area contributed by atoms with Gasteiger partial charge in [0.15, 0.2) is 5.69 Å². The highest BCUT2D eigenvalue weighted by molar-refractivity contribution is 6.11. The van der Waals surface area contributed by atoms with E-state index in [-0.39, 0.29) is 35.8 Å². The number of hydrogen-bond acceptors (Lipinski definition) is 5. The average molecular weight is 488 g/mol. The first kappa shape index (κ1) is 23.6. The maximum absolute atomic E-state index is 13.7. The third kappa shape index (κ3) is 4.32. The van der Waals surface area contributed by atoms with E-state index in [0.717, 1.165) is 29.7 Å². The fourth-order valence-corrected chi connectivity index (χ4v) is 4.66. The molecular weight excluding hydrogens is 458 g/mol. The van der Waals surface area contributed by atoms with Gasteiger partial charge in [0.1, 0.15) is 17.0 Å². The summed E-state index contributed by atoms with van der Waals surface area (Å²) >= 11 is 0. The van der Waals surface area contributed by atoms with Gasteiger partial charge in [-0.25, -0.2) is 4.98 Å². The average Bonchev–Trinajstić information content (AvgIpc) is 3.61. The van der Waals surface area contributed by atoms with Crippen molar-refractivity contribution in [1.29, 1.82) is 0 Å². The van der Waals surface area contributed by atoms with Crippen LogP contribution in [-0.4, -0.2) is 50.9 Å². The molecule has 2 heterocycles. The number of fused-ring (bicyclic) bond motifs is 1. The Labute approximate surface area is 209 Å².